The summed E-state index contributed by atoms with van der Waals surface area (Å²) in [6, 6.07) is 2.85. The molecule has 3 heterocycles. The van der Waals surface area contributed by atoms with Crippen molar-refractivity contribution in [3.8, 4) is 0 Å². The molecule has 1 atom stereocenters. The Morgan fingerprint density at radius 2 is 2.04 bits per heavy atom. The molecule has 8 heteroatoms. The van der Waals surface area contributed by atoms with Crippen molar-refractivity contribution in [1.29, 1.82) is 0 Å². The van der Waals surface area contributed by atoms with Gasteiger partial charge < -0.3 is 16.0 Å². The number of hydrogen-bond acceptors (Lipinski definition) is 5. The first-order chi connectivity index (χ1) is 13.6. The lowest BCUT2D eigenvalue weighted by atomic mass is 9.95. The van der Waals surface area contributed by atoms with Gasteiger partial charge in [0.05, 0.1) is 11.1 Å². The fraction of sp³-hybridized carbons (Fsp3) is 0.400. The number of anilines is 1. The number of piperidine rings is 1. The molecule has 1 unspecified atom stereocenters. The Bertz CT molecular complexity index is 910. The van der Waals surface area contributed by atoms with Crippen LogP contribution in [0.5, 0.6) is 0 Å². The summed E-state index contributed by atoms with van der Waals surface area (Å²) in [6.45, 7) is 0.644. The van der Waals surface area contributed by atoms with Crippen molar-refractivity contribution < 1.29 is 14.4 Å². The van der Waals surface area contributed by atoms with Crippen LogP contribution in [-0.2, 0) is 17.6 Å². The normalized spacial score (nSPS) is 18.7. The SMILES string of the molecule is O=C(Nc1sc2c(c1C(=O)NC1CCCNC1=O)CCCC2)c1cccnc1. The van der Waals surface area contributed by atoms with Crippen LogP contribution in [0.3, 0.4) is 0 Å². The van der Waals surface area contributed by atoms with Gasteiger partial charge in [0, 0.05) is 23.8 Å². The van der Waals surface area contributed by atoms with Gasteiger partial charge in [-0.3, -0.25) is 19.4 Å². The third-order valence-electron chi connectivity index (χ3n) is 5.14. The number of nitrogens with zero attached hydrogens (tertiary/aromatic N) is 1. The summed E-state index contributed by atoms with van der Waals surface area (Å²) in [4.78, 5) is 42.8. The Kier molecular flexibility index (Phi) is 5.38. The highest BCUT2D eigenvalue weighted by atomic mass is 32.1. The fourth-order valence-electron chi connectivity index (χ4n) is 3.71. The number of hydrogen-bond donors (Lipinski definition) is 3. The first-order valence-corrected chi connectivity index (χ1v) is 10.4. The third kappa shape index (κ3) is 3.77. The highest BCUT2D eigenvalue weighted by molar-refractivity contribution is 7.17. The minimum Gasteiger partial charge on any atom is -0.354 e. The van der Waals surface area contributed by atoms with Crippen LogP contribution in [0.4, 0.5) is 5.00 Å². The number of carbonyl (C=O) groups is 3. The van der Waals surface area contributed by atoms with Crippen molar-refractivity contribution in [2.24, 2.45) is 0 Å². The minimum absolute atomic E-state index is 0.148. The van der Waals surface area contributed by atoms with E-state index in [4.69, 9.17) is 0 Å². The van der Waals surface area contributed by atoms with Crippen molar-refractivity contribution in [1.82, 2.24) is 15.6 Å². The molecule has 0 bridgehead atoms. The predicted molar refractivity (Wildman–Crippen MR) is 107 cm³/mol. The Morgan fingerprint density at radius 3 is 2.82 bits per heavy atom. The highest BCUT2D eigenvalue weighted by Crippen LogP contribution is 2.38. The van der Waals surface area contributed by atoms with Crippen LogP contribution in [0.1, 0.15) is 56.8 Å². The van der Waals surface area contributed by atoms with E-state index >= 15 is 0 Å². The fourth-order valence-corrected chi connectivity index (χ4v) is 4.99. The van der Waals surface area contributed by atoms with E-state index in [-0.39, 0.29) is 17.7 Å². The lowest BCUT2D eigenvalue weighted by Crippen LogP contribution is -2.50. The van der Waals surface area contributed by atoms with E-state index in [2.05, 4.69) is 20.9 Å². The molecule has 0 radical (unpaired) electrons. The number of amides is 3. The Balaban J connectivity index is 1.61. The summed E-state index contributed by atoms with van der Waals surface area (Å²) < 4.78 is 0. The molecule has 2 aromatic rings. The number of aryl methyl sites for hydroxylation is 1. The van der Waals surface area contributed by atoms with Gasteiger partial charge >= 0.3 is 0 Å². The molecule has 1 aliphatic carbocycles. The molecule has 1 aliphatic heterocycles. The number of nitrogens with one attached hydrogen (secondary N) is 3. The number of fused-ring (bicyclic) bond motifs is 1. The van der Waals surface area contributed by atoms with Gasteiger partial charge in [-0.1, -0.05) is 0 Å². The molecule has 7 nitrogen and oxygen atoms in total. The summed E-state index contributed by atoms with van der Waals surface area (Å²) in [6.07, 6.45) is 8.38. The lowest BCUT2D eigenvalue weighted by Gasteiger charge is -2.23. The summed E-state index contributed by atoms with van der Waals surface area (Å²) >= 11 is 1.46. The Labute approximate surface area is 166 Å². The van der Waals surface area contributed by atoms with Gasteiger partial charge in [0.25, 0.3) is 11.8 Å². The Morgan fingerprint density at radius 1 is 1.18 bits per heavy atom. The van der Waals surface area contributed by atoms with E-state index in [9.17, 15) is 14.4 Å². The van der Waals surface area contributed by atoms with E-state index in [0.717, 1.165) is 42.5 Å². The van der Waals surface area contributed by atoms with Gasteiger partial charge in [-0.05, 0) is 56.2 Å². The van der Waals surface area contributed by atoms with Gasteiger partial charge in [-0.2, -0.15) is 0 Å². The number of pyridine rings is 1. The second-order valence-corrected chi connectivity index (χ2v) is 8.18. The second kappa shape index (κ2) is 8.10. The smallest absolute Gasteiger partial charge is 0.257 e. The van der Waals surface area contributed by atoms with E-state index < -0.39 is 6.04 Å². The molecular formula is C20H22N4O3S. The molecular weight excluding hydrogens is 376 g/mol. The van der Waals surface area contributed by atoms with Crippen molar-refractivity contribution in [2.45, 2.75) is 44.6 Å². The third-order valence-corrected chi connectivity index (χ3v) is 6.35. The van der Waals surface area contributed by atoms with Crippen LogP contribution in [0, 0.1) is 0 Å². The predicted octanol–water partition coefficient (Wildman–Crippen LogP) is 2.28. The summed E-state index contributed by atoms with van der Waals surface area (Å²) in [5.41, 5.74) is 1.95. The van der Waals surface area contributed by atoms with Gasteiger partial charge in [-0.25, -0.2) is 0 Å². The Hall–Kier alpha value is -2.74. The molecule has 1 saturated heterocycles. The van der Waals surface area contributed by atoms with Gasteiger partial charge in [0.2, 0.25) is 5.91 Å². The van der Waals surface area contributed by atoms with E-state index in [1.807, 2.05) is 0 Å². The number of aromatic nitrogens is 1. The monoisotopic (exact) mass is 398 g/mol. The zero-order chi connectivity index (χ0) is 19.5. The maximum atomic E-state index is 13.1. The van der Waals surface area contributed by atoms with Crippen molar-refractivity contribution in [2.75, 3.05) is 11.9 Å². The van der Waals surface area contributed by atoms with Gasteiger partial charge in [-0.15, -0.1) is 11.3 Å². The number of rotatable bonds is 4. The lowest BCUT2D eigenvalue weighted by molar-refractivity contribution is -0.124. The molecule has 146 valence electrons. The van der Waals surface area contributed by atoms with Crippen LogP contribution in [0.25, 0.3) is 0 Å². The van der Waals surface area contributed by atoms with Gasteiger partial charge in [0.15, 0.2) is 0 Å². The zero-order valence-corrected chi connectivity index (χ0v) is 16.2. The van der Waals surface area contributed by atoms with Crippen molar-refractivity contribution in [3.05, 3.63) is 46.1 Å². The summed E-state index contributed by atoms with van der Waals surface area (Å²) in [7, 11) is 0. The van der Waals surface area contributed by atoms with E-state index in [1.165, 1.54) is 17.5 Å². The van der Waals surface area contributed by atoms with Crippen LogP contribution >= 0.6 is 11.3 Å². The van der Waals surface area contributed by atoms with E-state index in [1.54, 1.807) is 18.3 Å². The largest absolute Gasteiger partial charge is 0.354 e. The molecule has 0 aromatic carbocycles. The van der Waals surface area contributed by atoms with Crippen LogP contribution in [-0.4, -0.2) is 35.3 Å². The molecule has 4 rings (SSSR count). The highest BCUT2D eigenvalue weighted by Gasteiger charge is 2.30. The molecule has 1 fully saturated rings. The molecule has 3 N–H and O–H groups in total. The van der Waals surface area contributed by atoms with E-state index in [0.29, 0.717) is 29.1 Å². The molecule has 3 amide bonds. The summed E-state index contributed by atoms with van der Waals surface area (Å²) in [5, 5.41) is 9.09. The number of thiophene rings is 1. The average molecular weight is 398 g/mol. The molecule has 2 aliphatic rings. The first-order valence-electron chi connectivity index (χ1n) is 9.58. The van der Waals surface area contributed by atoms with Crippen molar-refractivity contribution in [3.63, 3.8) is 0 Å². The average Bonchev–Trinajstić information content (AvgIpc) is 3.08. The minimum atomic E-state index is -0.526. The van der Waals surface area contributed by atoms with Gasteiger partial charge in [0.1, 0.15) is 11.0 Å². The topological polar surface area (TPSA) is 100 Å². The zero-order valence-electron chi connectivity index (χ0n) is 15.4. The maximum Gasteiger partial charge on any atom is 0.257 e. The molecule has 0 saturated carbocycles. The molecule has 2 aromatic heterocycles. The molecule has 0 spiro atoms. The quantitative estimate of drug-likeness (QED) is 0.736. The van der Waals surface area contributed by atoms with Crippen molar-refractivity contribution >= 4 is 34.1 Å². The standard InChI is InChI=1S/C20H22N4O3S/c25-17(12-5-3-9-21-11-12)24-20-16(13-6-1-2-8-15(13)28-20)19(27)23-14-7-4-10-22-18(14)26/h3,5,9,11,14H,1-2,4,6-8,10H2,(H,22,26)(H,23,27)(H,24,25). The molecule has 28 heavy (non-hydrogen) atoms. The summed E-state index contributed by atoms with van der Waals surface area (Å²) in [5.74, 6) is -0.733. The number of carbonyl (C=O) groups excluding carboxylic acids is 3. The second-order valence-electron chi connectivity index (χ2n) is 7.07. The van der Waals surface area contributed by atoms with Crippen LogP contribution in [0.15, 0.2) is 24.5 Å². The first kappa shape index (κ1) is 18.6. The van der Waals surface area contributed by atoms with Crippen LogP contribution in [0.2, 0.25) is 0 Å². The maximum absolute atomic E-state index is 13.1. The van der Waals surface area contributed by atoms with Crippen LogP contribution < -0.4 is 16.0 Å².